The molecule has 0 unspecified atom stereocenters. The molecule has 0 saturated carbocycles. The number of para-hydroxylation sites is 1. The van der Waals surface area contributed by atoms with E-state index in [1.807, 2.05) is 60.7 Å². The Bertz CT molecular complexity index is 1190. The highest BCUT2D eigenvalue weighted by Crippen LogP contribution is 2.28. The van der Waals surface area contributed by atoms with Gasteiger partial charge in [-0.25, -0.2) is 0 Å². The lowest BCUT2D eigenvalue weighted by molar-refractivity contribution is 0.122. The highest BCUT2D eigenvalue weighted by Gasteiger charge is 2.14. The van der Waals surface area contributed by atoms with Crippen LogP contribution in [-0.2, 0) is 4.74 Å². The standard InChI is InChI=1S/C25H22N2O2/c28-25-18-23(19-6-2-1-3-7-19)22-8-4-5-9-24(22)27(25)21-12-10-20(11-13-21)26-14-16-29-17-15-26/h1-13,18H,14-17H2. The predicted octanol–water partition coefficient (Wildman–Crippen LogP) is 4.49. The van der Waals surface area contributed by atoms with E-state index in [-0.39, 0.29) is 5.56 Å². The van der Waals surface area contributed by atoms with Crippen LogP contribution in [0.1, 0.15) is 0 Å². The van der Waals surface area contributed by atoms with Crippen molar-refractivity contribution in [1.29, 1.82) is 0 Å². The first-order valence-electron chi connectivity index (χ1n) is 9.95. The number of aromatic nitrogens is 1. The average Bonchev–Trinajstić information content (AvgIpc) is 2.80. The molecule has 0 N–H and O–H groups in total. The lowest BCUT2D eigenvalue weighted by Crippen LogP contribution is -2.36. The molecule has 144 valence electrons. The molecule has 4 aromatic rings. The molecule has 1 fully saturated rings. The number of ether oxygens (including phenoxy) is 1. The summed E-state index contributed by atoms with van der Waals surface area (Å²) >= 11 is 0. The van der Waals surface area contributed by atoms with E-state index in [1.54, 1.807) is 10.6 Å². The summed E-state index contributed by atoms with van der Waals surface area (Å²) in [6.07, 6.45) is 0. The topological polar surface area (TPSA) is 34.5 Å². The molecule has 4 heteroatoms. The number of pyridine rings is 1. The van der Waals surface area contributed by atoms with Crippen molar-refractivity contribution in [3.63, 3.8) is 0 Å². The van der Waals surface area contributed by atoms with Gasteiger partial charge in [-0.05, 0) is 41.5 Å². The van der Waals surface area contributed by atoms with Crippen molar-refractivity contribution >= 4 is 16.6 Å². The molecule has 3 aromatic carbocycles. The highest BCUT2D eigenvalue weighted by molar-refractivity contribution is 5.95. The van der Waals surface area contributed by atoms with Crippen molar-refractivity contribution in [1.82, 2.24) is 4.57 Å². The Kier molecular flexibility index (Phi) is 4.62. The van der Waals surface area contributed by atoms with E-state index < -0.39 is 0 Å². The number of hydrogen-bond donors (Lipinski definition) is 0. The van der Waals surface area contributed by atoms with Crippen LogP contribution in [0.25, 0.3) is 27.7 Å². The summed E-state index contributed by atoms with van der Waals surface area (Å²) in [5.74, 6) is 0. The van der Waals surface area contributed by atoms with Crippen molar-refractivity contribution in [2.45, 2.75) is 0 Å². The molecule has 2 heterocycles. The maximum atomic E-state index is 13.2. The van der Waals surface area contributed by atoms with Crippen LogP contribution in [0.4, 0.5) is 5.69 Å². The van der Waals surface area contributed by atoms with Gasteiger partial charge < -0.3 is 9.64 Å². The first kappa shape index (κ1) is 17.7. The number of rotatable bonds is 3. The van der Waals surface area contributed by atoms with Gasteiger partial charge in [-0.3, -0.25) is 9.36 Å². The van der Waals surface area contributed by atoms with E-state index in [0.717, 1.165) is 59.7 Å². The van der Waals surface area contributed by atoms with Gasteiger partial charge in [-0.1, -0.05) is 48.5 Å². The van der Waals surface area contributed by atoms with Crippen LogP contribution in [-0.4, -0.2) is 30.9 Å². The van der Waals surface area contributed by atoms with E-state index >= 15 is 0 Å². The third kappa shape index (κ3) is 3.32. The summed E-state index contributed by atoms with van der Waals surface area (Å²) in [6.45, 7) is 3.31. The van der Waals surface area contributed by atoms with E-state index in [1.165, 1.54) is 0 Å². The fourth-order valence-corrected chi connectivity index (χ4v) is 4.04. The summed E-state index contributed by atoms with van der Waals surface area (Å²) < 4.78 is 7.24. The second-order valence-corrected chi connectivity index (χ2v) is 7.23. The van der Waals surface area contributed by atoms with Crippen LogP contribution < -0.4 is 10.5 Å². The van der Waals surface area contributed by atoms with Crippen LogP contribution in [0.15, 0.2) is 89.7 Å². The fourth-order valence-electron chi connectivity index (χ4n) is 4.04. The largest absolute Gasteiger partial charge is 0.378 e. The second-order valence-electron chi connectivity index (χ2n) is 7.23. The Morgan fingerprint density at radius 1 is 0.724 bits per heavy atom. The fraction of sp³-hybridized carbons (Fsp3) is 0.160. The van der Waals surface area contributed by atoms with Crippen LogP contribution in [0.3, 0.4) is 0 Å². The number of anilines is 1. The van der Waals surface area contributed by atoms with Crippen LogP contribution in [0, 0.1) is 0 Å². The molecular weight excluding hydrogens is 360 g/mol. The molecule has 0 amide bonds. The molecule has 0 aliphatic carbocycles. The third-order valence-electron chi connectivity index (χ3n) is 5.49. The monoisotopic (exact) mass is 382 g/mol. The van der Waals surface area contributed by atoms with Gasteiger partial charge in [0, 0.05) is 35.9 Å². The SMILES string of the molecule is O=c1cc(-c2ccccc2)c2ccccc2n1-c1ccc(N2CCOCC2)cc1. The highest BCUT2D eigenvalue weighted by atomic mass is 16.5. The van der Waals surface area contributed by atoms with E-state index in [0.29, 0.717) is 0 Å². The molecule has 1 aromatic heterocycles. The molecule has 5 rings (SSSR count). The minimum Gasteiger partial charge on any atom is -0.378 e. The number of benzene rings is 3. The molecular formula is C25H22N2O2. The number of hydrogen-bond acceptors (Lipinski definition) is 3. The summed E-state index contributed by atoms with van der Waals surface area (Å²) in [7, 11) is 0. The lowest BCUT2D eigenvalue weighted by atomic mass is 10.0. The maximum absolute atomic E-state index is 13.2. The van der Waals surface area contributed by atoms with Gasteiger partial charge in [-0.15, -0.1) is 0 Å². The van der Waals surface area contributed by atoms with Crippen LogP contribution in [0.5, 0.6) is 0 Å². The minimum absolute atomic E-state index is 0.0262. The predicted molar refractivity (Wildman–Crippen MR) is 118 cm³/mol. The maximum Gasteiger partial charge on any atom is 0.256 e. The third-order valence-corrected chi connectivity index (χ3v) is 5.49. The zero-order valence-electron chi connectivity index (χ0n) is 16.1. The van der Waals surface area contributed by atoms with Crippen LogP contribution >= 0.6 is 0 Å². The Morgan fingerprint density at radius 3 is 2.14 bits per heavy atom. The van der Waals surface area contributed by atoms with Crippen molar-refractivity contribution in [2.24, 2.45) is 0 Å². The first-order chi connectivity index (χ1) is 14.3. The van der Waals surface area contributed by atoms with Crippen LogP contribution in [0.2, 0.25) is 0 Å². The Morgan fingerprint density at radius 2 is 1.38 bits per heavy atom. The van der Waals surface area contributed by atoms with Gasteiger partial charge in [0.1, 0.15) is 0 Å². The second kappa shape index (κ2) is 7.57. The number of nitrogens with zero attached hydrogens (tertiary/aromatic N) is 2. The van der Waals surface area contributed by atoms with Gasteiger partial charge in [0.2, 0.25) is 0 Å². The normalized spacial score (nSPS) is 14.3. The number of fused-ring (bicyclic) bond motifs is 1. The molecule has 0 spiro atoms. The van der Waals surface area contributed by atoms with Crippen molar-refractivity contribution in [2.75, 3.05) is 31.2 Å². The van der Waals surface area contributed by atoms with Crippen molar-refractivity contribution < 1.29 is 4.74 Å². The number of morpholine rings is 1. The molecule has 0 radical (unpaired) electrons. The summed E-state index contributed by atoms with van der Waals surface area (Å²) in [5.41, 5.74) is 4.95. The molecule has 1 aliphatic rings. The van der Waals surface area contributed by atoms with Gasteiger partial charge >= 0.3 is 0 Å². The first-order valence-corrected chi connectivity index (χ1v) is 9.95. The minimum atomic E-state index is -0.0262. The molecule has 1 saturated heterocycles. The van der Waals surface area contributed by atoms with Gasteiger partial charge in [0.15, 0.2) is 0 Å². The molecule has 0 atom stereocenters. The lowest BCUT2D eigenvalue weighted by Gasteiger charge is -2.29. The zero-order valence-corrected chi connectivity index (χ0v) is 16.1. The average molecular weight is 382 g/mol. The quantitative estimate of drug-likeness (QED) is 0.523. The zero-order chi connectivity index (χ0) is 19.6. The van der Waals surface area contributed by atoms with Gasteiger partial charge in [0.05, 0.1) is 18.7 Å². The Labute approximate surface area is 169 Å². The Balaban J connectivity index is 1.62. The molecule has 0 bridgehead atoms. The van der Waals surface area contributed by atoms with E-state index in [9.17, 15) is 4.79 Å². The van der Waals surface area contributed by atoms with E-state index in [2.05, 4.69) is 23.1 Å². The van der Waals surface area contributed by atoms with E-state index in [4.69, 9.17) is 4.74 Å². The van der Waals surface area contributed by atoms with Gasteiger partial charge in [-0.2, -0.15) is 0 Å². The van der Waals surface area contributed by atoms with Crippen molar-refractivity contribution in [3.05, 3.63) is 95.3 Å². The summed E-state index contributed by atoms with van der Waals surface area (Å²) in [4.78, 5) is 15.5. The van der Waals surface area contributed by atoms with Crippen molar-refractivity contribution in [3.8, 4) is 16.8 Å². The van der Waals surface area contributed by atoms with Gasteiger partial charge in [0.25, 0.3) is 5.56 Å². The molecule has 29 heavy (non-hydrogen) atoms. The smallest absolute Gasteiger partial charge is 0.256 e. The Hall–Kier alpha value is -3.37. The molecule has 1 aliphatic heterocycles. The molecule has 4 nitrogen and oxygen atoms in total. The summed E-state index contributed by atoms with van der Waals surface area (Å²) in [5, 5.41) is 1.07. The summed E-state index contributed by atoms with van der Waals surface area (Å²) in [6, 6.07) is 28.2.